The number of hydrogen-bond donors (Lipinski definition) is 4. The molecule has 1 aromatic carbocycles. The lowest BCUT2D eigenvalue weighted by Gasteiger charge is -2.29. The standard InChI is InChI=1S/C23H27Cl2N7O2/c24-14-3-1-4-15(25)19(14)30-23-29-17-11-27-22(28-16-5-2-6-18(16)33)31-21(17)32(23)13-9-7-12(8-10-13)20(26)34/h1,3-4,11-13,16,18,33H,2,5-10H2,(H2,26,34)(H,29,30)(H,27,28,31)/t12-,13-,16-,18-/m1/s1. The van der Waals surface area contributed by atoms with Crippen molar-refractivity contribution in [1.29, 1.82) is 0 Å². The van der Waals surface area contributed by atoms with Crippen LogP contribution in [0.25, 0.3) is 11.2 Å². The van der Waals surface area contributed by atoms with Crippen LogP contribution in [0.5, 0.6) is 0 Å². The molecule has 2 fully saturated rings. The molecule has 0 saturated heterocycles. The number of anilines is 3. The van der Waals surface area contributed by atoms with Crippen molar-refractivity contribution in [3.8, 4) is 0 Å². The first-order valence-corrected chi connectivity index (χ1v) is 12.4. The lowest BCUT2D eigenvalue weighted by atomic mass is 9.85. The van der Waals surface area contributed by atoms with Gasteiger partial charge in [0.1, 0.15) is 5.52 Å². The number of fused-ring (bicyclic) bond motifs is 1. The number of aromatic nitrogens is 4. The van der Waals surface area contributed by atoms with Crippen LogP contribution >= 0.6 is 23.2 Å². The van der Waals surface area contributed by atoms with Gasteiger partial charge in [-0.3, -0.25) is 9.36 Å². The van der Waals surface area contributed by atoms with Crippen molar-refractivity contribution in [2.24, 2.45) is 11.7 Å². The maximum atomic E-state index is 11.7. The Hall–Kier alpha value is -2.62. The third kappa shape index (κ3) is 4.52. The highest BCUT2D eigenvalue weighted by atomic mass is 35.5. The van der Waals surface area contributed by atoms with E-state index in [2.05, 4.69) is 15.6 Å². The van der Waals surface area contributed by atoms with Crippen LogP contribution in [-0.2, 0) is 4.79 Å². The van der Waals surface area contributed by atoms with E-state index < -0.39 is 6.10 Å². The van der Waals surface area contributed by atoms with Crippen molar-refractivity contribution in [3.63, 3.8) is 0 Å². The van der Waals surface area contributed by atoms with Gasteiger partial charge in [0, 0.05) is 12.0 Å². The Morgan fingerprint density at radius 3 is 2.47 bits per heavy atom. The quantitative estimate of drug-likeness (QED) is 0.391. The summed E-state index contributed by atoms with van der Waals surface area (Å²) in [5, 5.41) is 17.7. The van der Waals surface area contributed by atoms with Gasteiger partial charge in [-0.05, 0) is 57.1 Å². The third-order valence-electron chi connectivity index (χ3n) is 6.89. The van der Waals surface area contributed by atoms with Gasteiger partial charge in [0.15, 0.2) is 5.65 Å². The Balaban J connectivity index is 1.53. The largest absolute Gasteiger partial charge is 0.391 e. The van der Waals surface area contributed by atoms with Crippen LogP contribution in [0.2, 0.25) is 10.0 Å². The molecule has 0 aliphatic heterocycles. The zero-order valence-corrected chi connectivity index (χ0v) is 20.1. The Kier molecular flexibility index (Phi) is 6.50. The number of rotatable bonds is 6. The van der Waals surface area contributed by atoms with Crippen molar-refractivity contribution in [1.82, 2.24) is 19.5 Å². The number of halogens is 2. The van der Waals surface area contributed by atoms with Gasteiger partial charge < -0.3 is 21.5 Å². The molecule has 2 atom stereocenters. The second-order valence-corrected chi connectivity index (χ2v) is 9.90. The molecule has 5 N–H and O–H groups in total. The number of nitrogens with one attached hydrogen (secondary N) is 2. The van der Waals surface area contributed by atoms with Gasteiger partial charge >= 0.3 is 0 Å². The molecule has 3 aromatic rings. The minimum Gasteiger partial charge on any atom is -0.391 e. The van der Waals surface area contributed by atoms with Crippen LogP contribution in [0, 0.1) is 5.92 Å². The van der Waals surface area contributed by atoms with E-state index >= 15 is 0 Å². The molecule has 2 aliphatic rings. The number of para-hydroxylation sites is 1. The highest BCUT2D eigenvalue weighted by Gasteiger charge is 2.30. The summed E-state index contributed by atoms with van der Waals surface area (Å²) in [4.78, 5) is 25.6. The van der Waals surface area contributed by atoms with Crippen LogP contribution in [0.1, 0.15) is 51.0 Å². The molecule has 180 valence electrons. The van der Waals surface area contributed by atoms with E-state index in [0.29, 0.717) is 51.6 Å². The Morgan fingerprint density at radius 2 is 1.82 bits per heavy atom. The van der Waals surface area contributed by atoms with Gasteiger partial charge in [-0.2, -0.15) is 4.98 Å². The minimum absolute atomic E-state index is 0.0594. The smallest absolute Gasteiger partial charge is 0.225 e. The summed E-state index contributed by atoms with van der Waals surface area (Å²) < 4.78 is 2.05. The third-order valence-corrected chi connectivity index (χ3v) is 7.52. The van der Waals surface area contributed by atoms with Gasteiger partial charge in [-0.25, -0.2) is 9.97 Å². The van der Waals surface area contributed by atoms with Crippen LogP contribution in [0.15, 0.2) is 24.4 Å². The molecule has 5 rings (SSSR count). The summed E-state index contributed by atoms with van der Waals surface area (Å²) in [6.45, 7) is 0. The lowest BCUT2D eigenvalue weighted by molar-refractivity contribution is -0.122. The monoisotopic (exact) mass is 503 g/mol. The fourth-order valence-corrected chi connectivity index (χ4v) is 5.51. The van der Waals surface area contributed by atoms with E-state index in [0.717, 1.165) is 32.1 Å². The summed E-state index contributed by atoms with van der Waals surface area (Å²) >= 11 is 12.8. The Labute approximate surface area is 207 Å². The van der Waals surface area contributed by atoms with Gasteiger partial charge in [-0.1, -0.05) is 29.3 Å². The summed E-state index contributed by atoms with van der Waals surface area (Å²) in [6, 6.07) is 5.29. The van der Waals surface area contributed by atoms with E-state index in [1.165, 1.54) is 0 Å². The van der Waals surface area contributed by atoms with Crippen LogP contribution < -0.4 is 16.4 Å². The first-order valence-electron chi connectivity index (χ1n) is 11.6. The topological polar surface area (TPSA) is 131 Å². The molecule has 9 nitrogen and oxygen atoms in total. The molecule has 0 unspecified atom stereocenters. The van der Waals surface area contributed by atoms with Gasteiger partial charge in [0.2, 0.25) is 17.8 Å². The lowest BCUT2D eigenvalue weighted by Crippen LogP contribution is -2.29. The van der Waals surface area contributed by atoms with Crippen molar-refractivity contribution in [2.75, 3.05) is 10.6 Å². The molecular formula is C23H27Cl2N7O2. The molecule has 11 heteroatoms. The number of primary amides is 1. The van der Waals surface area contributed by atoms with Crippen molar-refractivity contribution in [3.05, 3.63) is 34.4 Å². The molecule has 0 bridgehead atoms. The van der Waals surface area contributed by atoms with Crippen molar-refractivity contribution >= 4 is 57.9 Å². The van der Waals surface area contributed by atoms with Gasteiger partial charge in [0.25, 0.3) is 0 Å². The molecule has 34 heavy (non-hydrogen) atoms. The summed E-state index contributed by atoms with van der Waals surface area (Å²) in [5.41, 5.74) is 7.40. The second kappa shape index (κ2) is 9.56. The molecule has 2 aliphatic carbocycles. The molecular weight excluding hydrogens is 477 g/mol. The van der Waals surface area contributed by atoms with Crippen LogP contribution in [-0.4, -0.2) is 42.7 Å². The number of aliphatic hydroxyl groups excluding tert-OH is 1. The summed E-state index contributed by atoms with van der Waals surface area (Å²) in [6.07, 6.45) is 6.81. The molecule has 0 spiro atoms. The van der Waals surface area contributed by atoms with Gasteiger partial charge in [0.05, 0.1) is 34.1 Å². The number of nitrogens with zero attached hydrogens (tertiary/aromatic N) is 4. The molecule has 2 saturated carbocycles. The van der Waals surface area contributed by atoms with Crippen molar-refractivity contribution < 1.29 is 9.90 Å². The predicted octanol–water partition coefficient (Wildman–Crippen LogP) is 4.42. The zero-order chi connectivity index (χ0) is 23.8. The second-order valence-electron chi connectivity index (χ2n) is 9.09. The first kappa shape index (κ1) is 23.1. The maximum Gasteiger partial charge on any atom is 0.225 e. The number of imidazole rings is 1. The number of carbonyl (C=O) groups is 1. The van der Waals surface area contributed by atoms with E-state index in [4.69, 9.17) is 38.9 Å². The average molecular weight is 504 g/mol. The summed E-state index contributed by atoms with van der Waals surface area (Å²) in [7, 11) is 0. The maximum absolute atomic E-state index is 11.7. The first-order chi connectivity index (χ1) is 16.4. The summed E-state index contributed by atoms with van der Waals surface area (Å²) in [5.74, 6) is 0.642. The van der Waals surface area contributed by atoms with E-state index in [1.807, 2.05) is 4.57 Å². The Bertz CT molecular complexity index is 1190. The number of carbonyl (C=O) groups excluding carboxylic acids is 1. The SMILES string of the molecule is NC(=O)[C@H]1CC[C@H](n2c(Nc3c(Cl)cccc3Cl)nc3cnc(N[C@@H]4CCC[C@H]4O)nc32)CC1. The van der Waals surface area contributed by atoms with Crippen LogP contribution in [0.4, 0.5) is 17.6 Å². The Morgan fingerprint density at radius 1 is 1.09 bits per heavy atom. The molecule has 2 aromatic heterocycles. The fraction of sp³-hybridized carbons (Fsp3) is 0.478. The highest BCUT2D eigenvalue weighted by molar-refractivity contribution is 6.39. The molecule has 0 radical (unpaired) electrons. The number of aliphatic hydroxyl groups is 1. The van der Waals surface area contributed by atoms with Crippen molar-refractivity contribution in [2.45, 2.75) is 63.1 Å². The number of nitrogens with two attached hydrogens (primary N) is 1. The number of benzene rings is 1. The van der Waals surface area contributed by atoms with E-state index in [9.17, 15) is 9.90 Å². The van der Waals surface area contributed by atoms with Gasteiger partial charge in [-0.15, -0.1) is 0 Å². The predicted molar refractivity (Wildman–Crippen MR) is 133 cm³/mol. The number of hydrogen-bond acceptors (Lipinski definition) is 7. The normalized spacial score (nSPS) is 24.9. The van der Waals surface area contributed by atoms with Crippen LogP contribution in [0.3, 0.4) is 0 Å². The molecule has 1 amide bonds. The number of amides is 1. The average Bonchev–Trinajstić information content (AvgIpc) is 3.39. The fourth-order valence-electron chi connectivity index (χ4n) is 5.02. The van der Waals surface area contributed by atoms with E-state index in [1.54, 1.807) is 24.4 Å². The molecule has 2 heterocycles. The highest BCUT2D eigenvalue weighted by Crippen LogP contribution is 2.39. The minimum atomic E-state index is -0.409. The van der Waals surface area contributed by atoms with E-state index in [-0.39, 0.29) is 23.9 Å². The zero-order valence-electron chi connectivity index (χ0n) is 18.5.